The molecule has 0 radical (unpaired) electrons. The van der Waals surface area contributed by atoms with Crippen LogP contribution in [0.4, 0.5) is 0 Å². The molecule has 10 heteroatoms. The van der Waals surface area contributed by atoms with E-state index in [0.29, 0.717) is 33.7 Å². The van der Waals surface area contributed by atoms with E-state index >= 15 is 0 Å². The Kier molecular flexibility index (Phi) is 11.3. The third-order valence-electron chi connectivity index (χ3n) is 6.46. The Labute approximate surface area is 248 Å². The molecule has 0 amide bonds. The molecule has 0 bridgehead atoms. The van der Waals surface area contributed by atoms with Crippen LogP contribution in [0.3, 0.4) is 0 Å². The fraction of sp³-hybridized carbons (Fsp3) is 0.355. The second kappa shape index (κ2) is 14.6. The molecule has 0 fully saturated rings. The summed E-state index contributed by atoms with van der Waals surface area (Å²) in [6.07, 6.45) is -0.213. The van der Waals surface area contributed by atoms with Gasteiger partial charge < -0.3 is 33.2 Å². The van der Waals surface area contributed by atoms with Crippen LogP contribution in [0.2, 0.25) is 0 Å². The highest BCUT2D eigenvalue weighted by molar-refractivity contribution is 9.10. The fourth-order valence-corrected chi connectivity index (χ4v) is 5.18. The summed E-state index contributed by atoms with van der Waals surface area (Å²) in [4.78, 5) is 27.7. The van der Waals surface area contributed by atoms with Crippen LogP contribution in [0.25, 0.3) is 0 Å². The van der Waals surface area contributed by atoms with E-state index < -0.39 is 17.4 Å². The lowest BCUT2D eigenvalue weighted by molar-refractivity contribution is -0.165. The van der Waals surface area contributed by atoms with E-state index in [1.54, 1.807) is 38.1 Å². The molecular formula is C31H35BrO9. The second-order valence-corrected chi connectivity index (χ2v) is 9.54. The standard InChI is InChI=1S/C31H35BrO9/c1-7-39-29(33)31(30(34)40-8-2,21-14-16-22(17-15-21)41-19-20-12-10-9-11-13-20)18-23-24(32)26(36-4)28(38-6)27(37-5)25(23)35-3/h9-17H,7-8,18-19H2,1-6H3. The molecule has 41 heavy (non-hydrogen) atoms. The number of esters is 2. The van der Waals surface area contributed by atoms with Crippen molar-refractivity contribution in [2.24, 2.45) is 0 Å². The Bertz CT molecular complexity index is 1310. The van der Waals surface area contributed by atoms with Crippen molar-refractivity contribution in [2.45, 2.75) is 32.3 Å². The van der Waals surface area contributed by atoms with Crippen LogP contribution < -0.4 is 23.7 Å². The number of ether oxygens (including phenoxy) is 7. The second-order valence-electron chi connectivity index (χ2n) is 8.75. The minimum Gasteiger partial charge on any atom is -0.492 e. The number of hydrogen-bond donors (Lipinski definition) is 0. The Morgan fingerprint density at radius 2 is 1.22 bits per heavy atom. The Balaban J connectivity index is 2.20. The van der Waals surface area contributed by atoms with E-state index in [1.165, 1.54) is 28.4 Å². The molecule has 0 unspecified atom stereocenters. The quantitative estimate of drug-likeness (QED) is 0.165. The van der Waals surface area contributed by atoms with Crippen LogP contribution in [0, 0.1) is 0 Å². The van der Waals surface area contributed by atoms with Crippen LogP contribution in [0.1, 0.15) is 30.5 Å². The molecule has 0 aromatic heterocycles. The topological polar surface area (TPSA) is 98.8 Å². The summed E-state index contributed by atoms with van der Waals surface area (Å²) in [5, 5.41) is 0. The van der Waals surface area contributed by atoms with Gasteiger partial charge in [0.1, 0.15) is 12.4 Å². The summed E-state index contributed by atoms with van der Waals surface area (Å²) in [5.74, 6) is 0.0600. The monoisotopic (exact) mass is 630 g/mol. The SMILES string of the molecule is CCOC(=O)C(Cc1c(Br)c(OC)c(OC)c(OC)c1OC)(C(=O)OCC)c1ccc(OCc2ccccc2)cc1. The van der Waals surface area contributed by atoms with Crippen LogP contribution in [-0.4, -0.2) is 53.6 Å². The third kappa shape index (κ3) is 6.53. The lowest BCUT2D eigenvalue weighted by atomic mass is 9.75. The summed E-state index contributed by atoms with van der Waals surface area (Å²) in [5.41, 5.74) is -0.148. The first-order valence-corrected chi connectivity index (χ1v) is 13.8. The molecule has 0 N–H and O–H groups in total. The number of rotatable bonds is 14. The molecule has 0 saturated carbocycles. The number of hydrogen-bond acceptors (Lipinski definition) is 9. The van der Waals surface area contributed by atoms with Gasteiger partial charge in [-0.3, -0.25) is 9.59 Å². The molecule has 0 aliphatic rings. The van der Waals surface area contributed by atoms with E-state index in [1.807, 2.05) is 30.3 Å². The molecule has 9 nitrogen and oxygen atoms in total. The van der Waals surface area contributed by atoms with E-state index in [-0.39, 0.29) is 36.9 Å². The first-order valence-electron chi connectivity index (χ1n) is 13.0. The lowest BCUT2D eigenvalue weighted by Crippen LogP contribution is -2.48. The van der Waals surface area contributed by atoms with Crippen molar-refractivity contribution in [3.63, 3.8) is 0 Å². The van der Waals surface area contributed by atoms with Gasteiger partial charge in [-0.2, -0.15) is 0 Å². The number of halogens is 1. The number of benzene rings is 3. The van der Waals surface area contributed by atoms with Crippen LogP contribution >= 0.6 is 15.9 Å². The molecule has 0 aliphatic heterocycles. The average molecular weight is 632 g/mol. The maximum Gasteiger partial charge on any atom is 0.328 e. The largest absolute Gasteiger partial charge is 0.492 e. The van der Waals surface area contributed by atoms with Crippen molar-refractivity contribution in [2.75, 3.05) is 41.7 Å². The zero-order valence-electron chi connectivity index (χ0n) is 24.1. The highest BCUT2D eigenvalue weighted by atomic mass is 79.9. The number of carbonyl (C=O) groups excluding carboxylic acids is 2. The molecule has 0 saturated heterocycles. The first-order chi connectivity index (χ1) is 19.8. The van der Waals surface area contributed by atoms with Gasteiger partial charge in [0, 0.05) is 12.0 Å². The number of methoxy groups -OCH3 is 4. The summed E-state index contributed by atoms with van der Waals surface area (Å²) < 4.78 is 39.8. The smallest absolute Gasteiger partial charge is 0.328 e. The summed E-state index contributed by atoms with van der Waals surface area (Å²) >= 11 is 3.58. The van der Waals surface area contributed by atoms with Crippen molar-refractivity contribution >= 4 is 27.9 Å². The normalized spacial score (nSPS) is 10.9. The van der Waals surface area contributed by atoms with Gasteiger partial charge in [0.2, 0.25) is 11.5 Å². The molecular weight excluding hydrogens is 596 g/mol. The molecule has 0 spiro atoms. The van der Waals surface area contributed by atoms with Gasteiger partial charge in [-0.05, 0) is 53.0 Å². The predicted octanol–water partition coefficient (Wildman–Crippen LogP) is 5.67. The molecule has 0 aliphatic carbocycles. The zero-order chi connectivity index (χ0) is 30.0. The first kappa shape index (κ1) is 31.6. The Hall–Kier alpha value is -3.92. The minimum absolute atomic E-state index is 0.0474. The van der Waals surface area contributed by atoms with Gasteiger partial charge in [-0.1, -0.05) is 42.5 Å². The van der Waals surface area contributed by atoms with Gasteiger partial charge in [-0.25, -0.2) is 0 Å². The minimum atomic E-state index is -1.91. The summed E-state index contributed by atoms with van der Waals surface area (Å²) in [7, 11) is 5.84. The molecule has 0 atom stereocenters. The van der Waals surface area contributed by atoms with Crippen LogP contribution in [-0.2, 0) is 37.5 Å². The maximum atomic E-state index is 13.8. The van der Waals surface area contributed by atoms with Gasteiger partial charge >= 0.3 is 11.9 Å². The van der Waals surface area contributed by atoms with Crippen LogP contribution in [0.5, 0.6) is 28.7 Å². The predicted molar refractivity (Wildman–Crippen MR) is 156 cm³/mol. The van der Waals surface area contributed by atoms with Gasteiger partial charge in [-0.15, -0.1) is 0 Å². The maximum absolute atomic E-state index is 13.8. The summed E-state index contributed by atoms with van der Waals surface area (Å²) in [6, 6.07) is 16.4. The molecule has 3 rings (SSSR count). The van der Waals surface area contributed by atoms with E-state index in [4.69, 9.17) is 33.2 Å². The van der Waals surface area contributed by atoms with Gasteiger partial charge in [0.15, 0.2) is 16.9 Å². The lowest BCUT2D eigenvalue weighted by Gasteiger charge is -2.31. The fourth-order valence-electron chi connectivity index (χ4n) is 4.52. The van der Waals surface area contributed by atoms with E-state index in [2.05, 4.69) is 15.9 Å². The van der Waals surface area contributed by atoms with Gasteiger partial charge in [0.25, 0.3) is 0 Å². The van der Waals surface area contributed by atoms with Crippen molar-refractivity contribution in [3.05, 3.63) is 75.8 Å². The summed E-state index contributed by atoms with van der Waals surface area (Å²) in [6.45, 7) is 3.79. The van der Waals surface area contributed by atoms with Crippen molar-refractivity contribution in [1.82, 2.24) is 0 Å². The Morgan fingerprint density at radius 1 is 0.707 bits per heavy atom. The van der Waals surface area contributed by atoms with Gasteiger partial charge in [0.05, 0.1) is 46.1 Å². The average Bonchev–Trinajstić information content (AvgIpc) is 2.99. The third-order valence-corrected chi connectivity index (χ3v) is 7.30. The molecule has 0 heterocycles. The molecule has 220 valence electrons. The van der Waals surface area contributed by atoms with Crippen molar-refractivity contribution in [3.8, 4) is 28.7 Å². The van der Waals surface area contributed by atoms with Crippen LogP contribution in [0.15, 0.2) is 59.1 Å². The molecule has 3 aromatic carbocycles. The van der Waals surface area contributed by atoms with Crippen molar-refractivity contribution < 1.29 is 42.7 Å². The highest BCUT2D eigenvalue weighted by Gasteiger charge is 2.52. The van der Waals surface area contributed by atoms with Crippen molar-refractivity contribution in [1.29, 1.82) is 0 Å². The van der Waals surface area contributed by atoms with E-state index in [0.717, 1.165) is 5.56 Å². The molecule has 3 aromatic rings. The number of carbonyl (C=O) groups is 2. The zero-order valence-corrected chi connectivity index (χ0v) is 25.7. The van der Waals surface area contributed by atoms with E-state index in [9.17, 15) is 9.59 Å². The highest BCUT2D eigenvalue weighted by Crippen LogP contribution is 2.53. The Morgan fingerprint density at radius 3 is 1.71 bits per heavy atom.